The van der Waals surface area contributed by atoms with Crippen LogP contribution in [0.3, 0.4) is 0 Å². The van der Waals surface area contributed by atoms with Gasteiger partial charge in [0.1, 0.15) is 0 Å². The summed E-state index contributed by atoms with van der Waals surface area (Å²) in [5.74, 6) is 1.45. The van der Waals surface area contributed by atoms with E-state index < -0.39 is 0 Å². The van der Waals surface area contributed by atoms with E-state index in [1.807, 2.05) is 25.1 Å². The van der Waals surface area contributed by atoms with Crippen molar-refractivity contribution in [1.82, 2.24) is 5.32 Å². The number of methoxy groups -OCH3 is 2. The molecule has 1 aromatic rings. The van der Waals surface area contributed by atoms with Crippen molar-refractivity contribution >= 4 is 0 Å². The van der Waals surface area contributed by atoms with Crippen LogP contribution in [0, 0.1) is 0 Å². The van der Waals surface area contributed by atoms with Crippen LogP contribution in [0.5, 0.6) is 11.5 Å². The molecule has 0 aliphatic rings. The highest BCUT2D eigenvalue weighted by atomic mass is 16.5. The first-order chi connectivity index (χ1) is 8.24. The highest BCUT2D eigenvalue weighted by Gasteiger charge is 2.06. The van der Waals surface area contributed by atoms with Crippen molar-refractivity contribution in [3.05, 3.63) is 23.8 Å². The summed E-state index contributed by atoms with van der Waals surface area (Å²) in [5, 5.41) is 12.4. The second kappa shape index (κ2) is 7.14. The summed E-state index contributed by atoms with van der Waals surface area (Å²) < 4.78 is 10.4. The van der Waals surface area contributed by atoms with Crippen molar-refractivity contribution in [3.8, 4) is 11.5 Å². The number of aliphatic hydroxyl groups excluding tert-OH is 1. The van der Waals surface area contributed by atoms with E-state index in [2.05, 4.69) is 5.32 Å². The predicted molar refractivity (Wildman–Crippen MR) is 67.6 cm³/mol. The van der Waals surface area contributed by atoms with Gasteiger partial charge in [0.25, 0.3) is 0 Å². The number of hydrogen-bond acceptors (Lipinski definition) is 4. The van der Waals surface area contributed by atoms with Gasteiger partial charge >= 0.3 is 0 Å². The second-order valence-corrected chi connectivity index (χ2v) is 3.86. The number of rotatable bonds is 7. The molecule has 0 fully saturated rings. The lowest BCUT2D eigenvalue weighted by Crippen LogP contribution is -2.31. The van der Waals surface area contributed by atoms with Gasteiger partial charge in [-0.3, -0.25) is 0 Å². The molecule has 0 unspecified atom stereocenters. The van der Waals surface area contributed by atoms with Crippen LogP contribution in [0.15, 0.2) is 18.2 Å². The molecule has 4 heteroatoms. The molecule has 17 heavy (non-hydrogen) atoms. The summed E-state index contributed by atoms with van der Waals surface area (Å²) >= 11 is 0. The molecule has 1 atom stereocenters. The van der Waals surface area contributed by atoms with Crippen LogP contribution >= 0.6 is 0 Å². The standard InChI is InChI=1S/C13H21NO3/c1-4-11(9-15)14-8-10-5-6-12(16-2)13(7-10)17-3/h5-7,11,14-15H,4,8-9H2,1-3H3/t11-/m0/s1. The third-order valence-corrected chi connectivity index (χ3v) is 2.76. The van der Waals surface area contributed by atoms with Crippen molar-refractivity contribution in [2.75, 3.05) is 20.8 Å². The summed E-state index contributed by atoms with van der Waals surface area (Å²) in [7, 11) is 3.24. The minimum Gasteiger partial charge on any atom is -0.493 e. The fourth-order valence-electron chi connectivity index (χ4n) is 1.59. The summed E-state index contributed by atoms with van der Waals surface area (Å²) in [6, 6.07) is 5.95. The van der Waals surface area contributed by atoms with E-state index in [4.69, 9.17) is 14.6 Å². The second-order valence-electron chi connectivity index (χ2n) is 3.86. The monoisotopic (exact) mass is 239 g/mol. The minimum atomic E-state index is 0.142. The maximum absolute atomic E-state index is 9.08. The van der Waals surface area contributed by atoms with E-state index >= 15 is 0 Å². The molecule has 0 aliphatic carbocycles. The van der Waals surface area contributed by atoms with Gasteiger partial charge in [-0.25, -0.2) is 0 Å². The molecular weight excluding hydrogens is 218 g/mol. The van der Waals surface area contributed by atoms with Gasteiger partial charge in [0.2, 0.25) is 0 Å². The lowest BCUT2D eigenvalue weighted by atomic mass is 10.1. The molecule has 0 saturated carbocycles. The minimum absolute atomic E-state index is 0.142. The Morgan fingerprint density at radius 3 is 2.47 bits per heavy atom. The Balaban J connectivity index is 2.66. The number of benzene rings is 1. The first-order valence-corrected chi connectivity index (χ1v) is 5.80. The lowest BCUT2D eigenvalue weighted by Gasteiger charge is -2.15. The normalized spacial score (nSPS) is 12.2. The van der Waals surface area contributed by atoms with E-state index in [1.54, 1.807) is 14.2 Å². The van der Waals surface area contributed by atoms with Gasteiger partial charge in [-0.05, 0) is 24.1 Å². The van der Waals surface area contributed by atoms with E-state index in [1.165, 1.54) is 0 Å². The third kappa shape index (κ3) is 3.91. The van der Waals surface area contributed by atoms with Gasteiger partial charge in [0.05, 0.1) is 20.8 Å². The van der Waals surface area contributed by atoms with Crippen molar-refractivity contribution < 1.29 is 14.6 Å². The van der Waals surface area contributed by atoms with E-state index in [0.717, 1.165) is 23.5 Å². The van der Waals surface area contributed by atoms with Crippen LogP contribution in [0.25, 0.3) is 0 Å². The Hall–Kier alpha value is -1.26. The average Bonchev–Trinajstić information content (AvgIpc) is 2.39. The Labute approximate surface area is 103 Å². The van der Waals surface area contributed by atoms with Crippen LogP contribution in [-0.4, -0.2) is 32.0 Å². The van der Waals surface area contributed by atoms with Gasteiger partial charge in [-0.1, -0.05) is 13.0 Å². The highest BCUT2D eigenvalue weighted by Crippen LogP contribution is 2.27. The van der Waals surface area contributed by atoms with Gasteiger partial charge in [0, 0.05) is 12.6 Å². The van der Waals surface area contributed by atoms with Crippen LogP contribution < -0.4 is 14.8 Å². The van der Waals surface area contributed by atoms with Gasteiger partial charge in [-0.15, -0.1) is 0 Å². The quantitative estimate of drug-likeness (QED) is 0.758. The van der Waals surface area contributed by atoms with E-state index in [0.29, 0.717) is 6.54 Å². The Morgan fingerprint density at radius 1 is 1.24 bits per heavy atom. The molecule has 0 heterocycles. The highest BCUT2D eigenvalue weighted by molar-refractivity contribution is 5.42. The predicted octanol–water partition coefficient (Wildman–Crippen LogP) is 1.56. The zero-order valence-corrected chi connectivity index (χ0v) is 10.7. The van der Waals surface area contributed by atoms with Gasteiger partial charge in [0.15, 0.2) is 11.5 Å². The Kier molecular flexibility index (Phi) is 5.80. The lowest BCUT2D eigenvalue weighted by molar-refractivity contribution is 0.238. The molecule has 0 aromatic heterocycles. The zero-order valence-electron chi connectivity index (χ0n) is 10.7. The number of aliphatic hydroxyl groups is 1. The maximum Gasteiger partial charge on any atom is 0.161 e. The topological polar surface area (TPSA) is 50.7 Å². The zero-order chi connectivity index (χ0) is 12.7. The molecule has 0 radical (unpaired) electrons. The molecular formula is C13H21NO3. The largest absolute Gasteiger partial charge is 0.493 e. The molecule has 0 aliphatic heterocycles. The molecule has 0 spiro atoms. The molecule has 1 rings (SSSR count). The summed E-state index contributed by atoms with van der Waals surface area (Å²) in [6.07, 6.45) is 0.907. The van der Waals surface area contributed by atoms with Gasteiger partial charge < -0.3 is 19.9 Å². The molecule has 0 amide bonds. The molecule has 1 aromatic carbocycles. The summed E-state index contributed by atoms with van der Waals surface area (Å²) in [5.41, 5.74) is 1.11. The maximum atomic E-state index is 9.08. The van der Waals surface area contributed by atoms with Crippen molar-refractivity contribution in [2.45, 2.75) is 25.9 Å². The SMILES string of the molecule is CC[C@@H](CO)NCc1ccc(OC)c(OC)c1. The summed E-state index contributed by atoms with van der Waals surface area (Å²) in [6.45, 7) is 2.91. The van der Waals surface area contributed by atoms with Crippen LogP contribution in [0.1, 0.15) is 18.9 Å². The molecule has 2 N–H and O–H groups in total. The molecule has 96 valence electrons. The first-order valence-electron chi connectivity index (χ1n) is 5.80. The molecule has 4 nitrogen and oxygen atoms in total. The molecule has 0 saturated heterocycles. The number of nitrogens with one attached hydrogen (secondary N) is 1. The average molecular weight is 239 g/mol. The Morgan fingerprint density at radius 2 is 1.94 bits per heavy atom. The van der Waals surface area contributed by atoms with Gasteiger partial charge in [-0.2, -0.15) is 0 Å². The van der Waals surface area contributed by atoms with Crippen molar-refractivity contribution in [1.29, 1.82) is 0 Å². The smallest absolute Gasteiger partial charge is 0.161 e. The molecule has 0 bridgehead atoms. The van der Waals surface area contributed by atoms with Crippen LogP contribution in [0.2, 0.25) is 0 Å². The van der Waals surface area contributed by atoms with Crippen LogP contribution in [-0.2, 0) is 6.54 Å². The van der Waals surface area contributed by atoms with E-state index in [-0.39, 0.29) is 12.6 Å². The summed E-state index contributed by atoms with van der Waals surface area (Å²) in [4.78, 5) is 0. The van der Waals surface area contributed by atoms with E-state index in [9.17, 15) is 0 Å². The number of hydrogen-bond donors (Lipinski definition) is 2. The fraction of sp³-hybridized carbons (Fsp3) is 0.538. The Bertz CT molecular complexity index is 337. The fourth-order valence-corrected chi connectivity index (χ4v) is 1.59. The van der Waals surface area contributed by atoms with Crippen molar-refractivity contribution in [2.24, 2.45) is 0 Å². The van der Waals surface area contributed by atoms with Crippen molar-refractivity contribution in [3.63, 3.8) is 0 Å². The van der Waals surface area contributed by atoms with Crippen LogP contribution in [0.4, 0.5) is 0 Å². The third-order valence-electron chi connectivity index (χ3n) is 2.76. The first kappa shape index (κ1) is 13.8. The number of ether oxygens (including phenoxy) is 2.